The summed E-state index contributed by atoms with van der Waals surface area (Å²) < 4.78 is 3.78. The van der Waals surface area contributed by atoms with Gasteiger partial charge in [0.05, 0.1) is 29.7 Å². The van der Waals surface area contributed by atoms with Crippen LogP contribution in [0.5, 0.6) is 0 Å². The van der Waals surface area contributed by atoms with Gasteiger partial charge in [-0.15, -0.1) is 0 Å². The second kappa shape index (κ2) is 6.12. The molecule has 1 aliphatic rings. The molecule has 1 atom stereocenters. The zero-order valence-electron chi connectivity index (χ0n) is 16.2. The molecule has 8 nitrogen and oxygen atoms in total. The third-order valence-corrected chi connectivity index (χ3v) is 5.11. The van der Waals surface area contributed by atoms with E-state index in [-0.39, 0.29) is 17.0 Å². The Morgan fingerprint density at radius 1 is 1.18 bits per heavy atom. The normalized spacial score (nSPS) is 15.8. The quantitative estimate of drug-likeness (QED) is 0.734. The largest absolute Gasteiger partial charge is 0.477 e. The molecule has 1 N–H and O–H groups in total. The van der Waals surface area contributed by atoms with Crippen LogP contribution in [0, 0.1) is 12.3 Å². The molecular formula is C20H21N5O3. The van der Waals surface area contributed by atoms with Crippen LogP contribution >= 0.6 is 0 Å². The van der Waals surface area contributed by atoms with E-state index in [1.54, 1.807) is 12.4 Å². The first-order valence-corrected chi connectivity index (χ1v) is 9.02. The molecule has 8 heteroatoms. The summed E-state index contributed by atoms with van der Waals surface area (Å²) in [7, 11) is 0. The number of carboxylic acids is 1. The maximum absolute atomic E-state index is 12.4. The van der Waals surface area contributed by atoms with Crippen molar-refractivity contribution in [3.8, 4) is 22.6 Å². The lowest BCUT2D eigenvalue weighted by atomic mass is 9.85. The molecule has 0 radical (unpaired) electrons. The first-order valence-electron chi connectivity index (χ1n) is 9.02. The zero-order valence-corrected chi connectivity index (χ0v) is 16.2. The summed E-state index contributed by atoms with van der Waals surface area (Å²) in [6.07, 6.45) is 4.90. The molecule has 0 amide bonds. The van der Waals surface area contributed by atoms with E-state index in [0.29, 0.717) is 23.8 Å². The van der Waals surface area contributed by atoms with Crippen molar-refractivity contribution >= 4 is 5.97 Å². The summed E-state index contributed by atoms with van der Waals surface area (Å²) in [6, 6.07) is 3.22. The number of aryl methyl sites for hydroxylation is 1. The van der Waals surface area contributed by atoms with Crippen molar-refractivity contribution in [1.29, 1.82) is 0 Å². The van der Waals surface area contributed by atoms with Crippen LogP contribution < -0.4 is 5.43 Å². The number of fused-ring (bicyclic) bond motifs is 3. The SMILES string of the molecule is Cc1ncc(-c2cc3n(n2)C[C@@H](C(C)(C)C)n2cc(C(=O)O)c(=O)cc2-3)cn1. The van der Waals surface area contributed by atoms with Crippen LogP contribution in [-0.2, 0) is 6.54 Å². The molecule has 0 spiro atoms. The van der Waals surface area contributed by atoms with Crippen molar-refractivity contribution in [2.45, 2.75) is 40.3 Å². The Labute approximate surface area is 161 Å². The summed E-state index contributed by atoms with van der Waals surface area (Å²) in [5, 5.41) is 14.1. The Bertz CT molecular complexity index is 1140. The lowest BCUT2D eigenvalue weighted by Gasteiger charge is -2.38. The number of aromatic carboxylic acids is 1. The average Bonchev–Trinajstić information content (AvgIpc) is 3.04. The number of nitrogens with zero attached hydrogens (tertiary/aromatic N) is 5. The van der Waals surface area contributed by atoms with Gasteiger partial charge in [0.25, 0.3) is 0 Å². The van der Waals surface area contributed by atoms with Gasteiger partial charge < -0.3 is 9.67 Å². The minimum Gasteiger partial charge on any atom is -0.477 e. The van der Waals surface area contributed by atoms with Crippen molar-refractivity contribution in [3.63, 3.8) is 0 Å². The number of pyridine rings is 1. The standard InChI is InChI=1S/C20H21N5O3/c1-11-21-7-12(8-22-11)14-5-16-15-6-17(26)13(19(27)28)9-24(15)18(20(2,3)4)10-25(16)23-14/h5-9,18H,10H2,1-4H3,(H,27,28)/t18-/m0/s1. The molecule has 3 aromatic rings. The first kappa shape index (κ1) is 18.1. The lowest BCUT2D eigenvalue weighted by Crippen LogP contribution is -2.35. The van der Waals surface area contributed by atoms with Crippen LogP contribution in [0.4, 0.5) is 0 Å². The smallest absolute Gasteiger partial charge is 0.341 e. The minimum atomic E-state index is -1.22. The maximum Gasteiger partial charge on any atom is 0.341 e. The summed E-state index contributed by atoms with van der Waals surface area (Å²) in [6.45, 7) is 8.65. The van der Waals surface area contributed by atoms with Gasteiger partial charge in [0, 0.05) is 30.2 Å². The monoisotopic (exact) mass is 379 g/mol. The highest BCUT2D eigenvalue weighted by Crippen LogP contribution is 2.40. The Hall–Kier alpha value is -3.29. The van der Waals surface area contributed by atoms with Gasteiger partial charge in [0.1, 0.15) is 11.4 Å². The molecule has 0 bridgehead atoms. The Morgan fingerprint density at radius 2 is 1.86 bits per heavy atom. The number of carboxylic acid groups (broad SMARTS) is 1. The fourth-order valence-electron chi connectivity index (χ4n) is 3.54. The van der Waals surface area contributed by atoms with Crippen molar-refractivity contribution in [3.05, 3.63) is 52.3 Å². The van der Waals surface area contributed by atoms with Gasteiger partial charge in [0.2, 0.25) is 0 Å². The molecule has 3 aromatic heterocycles. The number of hydrogen-bond donors (Lipinski definition) is 1. The summed E-state index contributed by atoms with van der Waals surface area (Å²) in [4.78, 5) is 32.3. The molecule has 0 saturated carbocycles. The highest BCUT2D eigenvalue weighted by atomic mass is 16.4. The van der Waals surface area contributed by atoms with E-state index in [1.165, 1.54) is 12.3 Å². The van der Waals surface area contributed by atoms with E-state index in [9.17, 15) is 14.7 Å². The highest BCUT2D eigenvalue weighted by molar-refractivity contribution is 5.87. The van der Waals surface area contributed by atoms with Gasteiger partial charge in [-0.3, -0.25) is 9.48 Å². The number of hydrogen-bond acceptors (Lipinski definition) is 5. The van der Waals surface area contributed by atoms with Crippen molar-refractivity contribution in [2.24, 2.45) is 5.41 Å². The molecule has 1 aliphatic heterocycles. The van der Waals surface area contributed by atoms with E-state index >= 15 is 0 Å². The van der Waals surface area contributed by atoms with Gasteiger partial charge in [0.15, 0.2) is 5.43 Å². The number of carbonyl (C=O) groups is 1. The second-order valence-electron chi connectivity index (χ2n) is 8.15. The third-order valence-electron chi connectivity index (χ3n) is 5.11. The van der Waals surface area contributed by atoms with Crippen LogP contribution in [0.1, 0.15) is 43.0 Å². The summed E-state index contributed by atoms with van der Waals surface area (Å²) in [5.74, 6) is -0.539. The molecular weight excluding hydrogens is 358 g/mol. The van der Waals surface area contributed by atoms with Crippen LogP contribution in [0.25, 0.3) is 22.6 Å². The second-order valence-corrected chi connectivity index (χ2v) is 8.15. The van der Waals surface area contributed by atoms with Crippen molar-refractivity contribution < 1.29 is 9.90 Å². The predicted molar refractivity (Wildman–Crippen MR) is 103 cm³/mol. The first-order chi connectivity index (χ1) is 13.1. The summed E-state index contributed by atoms with van der Waals surface area (Å²) in [5.41, 5.74) is 2.02. The van der Waals surface area contributed by atoms with Gasteiger partial charge in [-0.25, -0.2) is 14.8 Å². The van der Waals surface area contributed by atoms with E-state index in [4.69, 9.17) is 5.10 Å². The predicted octanol–water partition coefficient (Wildman–Crippen LogP) is 2.78. The molecule has 0 aliphatic carbocycles. The molecule has 144 valence electrons. The van der Waals surface area contributed by atoms with Crippen LogP contribution in [0.2, 0.25) is 0 Å². The van der Waals surface area contributed by atoms with Gasteiger partial charge in [-0.05, 0) is 18.4 Å². The molecule has 0 unspecified atom stereocenters. The fraction of sp³-hybridized carbons (Fsp3) is 0.350. The minimum absolute atomic E-state index is 0.0595. The molecule has 4 rings (SSSR count). The topological polar surface area (TPSA) is 103 Å². The Balaban J connectivity index is 1.93. The van der Waals surface area contributed by atoms with E-state index in [0.717, 1.165) is 11.3 Å². The maximum atomic E-state index is 12.4. The highest BCUT2D eigenvalue weighted by Gasteiger charge is 2.34. The van der Waals surface area contributed by atoms with Gasteiger partial charge >= 0.3 is 5.97 Å². The average molecular weight is 379 g/mol. The molecule has 4 heterocycles. The number of aromatic nitrogens is 5. The lowest BCUT2D eigenvalue weighted by molar-refractivity contribution is 0.0693. The van der Waals surface area contributed by atoms with Crippen LogP contribution in [0.3, 0.4) is 0 Å². The molecule has 0 fully saturated rings. The van der Waals surface area contributed by atoms with Gasteiger partial charge in [-0.1, -0.05) is 20.8 Å². The third kappa shape index (κ3) is 2.90. The Kier molecular flexibility index (Phi) is 3.95. The molecule has 0 aromatic carbocycles. The van der Waals surface area contributed by atoms with E-state index in [1.807, 2.05) is 22.2 Å². The van der Waals surface area contributed by atoms with Crippen molar-refractivity contribution in [2.75, 3.05) is 0 Å². The fourth-order valence-corrected chi connectivity index (χ4v) is 3.54. The molecule has 28 heavy (non-hydrogen) atoms. The zero-order chi connectivity index (χ0) is 20.2. The van der Waals surface area contributed by atoms with E-state index in [2.05, 4.69) is 30.7 Å². The van der Waals surface area contributed by atoms with Crippen molar-refractivity contribution in [1.82, 2.24) is 24.3 Å². The number of rotatable bonds is 2. The van der Waals surface area contributed by atoms with Gasteiger partial charge in [-0.2, -0.15) is 5.10 Å². The Morgan fingerprint density at radius 3 is 2.46 bits per heavy atom. The van der Waals surface area contributed by atoms with Crippen LogP contribution in [-0.4, -0.2) is 35.4 Å². The van der Waals surface area contributed by atoms with Crippen LogP contribution in [0.15, 0.2) is 35.5 Å². The van der Waals surface area contributed by atoms with E-state index < -0.39 is 11.4 Å². The summed E-state index contributed by atoms with van der Waals surface area (Å²) >= 11 is 0. The molecule has 0 saturated heterocycles.